The number of nitriles is 1. The van der Waals surface area contributed by atoms with Crippen LogP contribution < -0.4 is 4.74 Å². The van der Waals surface area contributed by atoms with E-state index in [0.717, 1.165) is 29.7 Å². The molecule has 0 bridgehead atoms. The fourth-order valence-electron chi connectivity index (χ4n) is 2.01. The van der Waals surface area contributed by atoms with Crippen molar-refractivity contribution in [3.8, 4) is 16.9 Å². The monoisotopic (exact) mass is 304 g/mol. The molecule has 0 atom stereocenters. The summed E-state index contributed by atoms with van der Waals surface area (Å²) in [6, 6.07) is 8.18. The number of rotatable bonds is 3. The molecule has 1 aromatic heterocycles. The molecule has 0 spiro atoms. The van der Waals surface area contributed by atoms with E-state index in [0.29, 0.717) is 16.3 Å². The van der Waals surface area contributed by atoms with E-state index < -0.39 is 4.87 Å². The highest BCUT2D eigenvalue weighted by molar-refractivity contribution is 7.08. The van der Waals surface area contributed by atoms with Crippen molar-refractivity contribution in [1.29, 1.82) is 5.26 Å². The van der Waals surface area contributed by atoms with Gasteiger partial charge in [-0.05, 0) is 43.9 Å². The molecule has 0 unspecified atom stereocenters. The minimum Gasteiger partial charge on any atom is -0.443 e. The van der Waals surface area contributed by atoms with Gasteiger partial charge in [-0.3, -0.25) is 0 Å². The first kappa shape index (κ1) is 13.4. The van der Waals surface area contributed by atoms with Gasteiger partial charge in [0.15, 0.2) is 0 Å². The Hall–Kier alpha value is -1.57. The third-order valence-corrected chi connectivity index (χ3v) is 4.72. The van der Waals surface area contributed by atoms with Gasteiger partial charge in [0, 0.05) is 11.5 Å². The van der Waals surface area contributed by atoms with Gasteiger partial charge in [0.05, 0.1) is 10.6 Å². The van der Waals surface area contributed by atoms with Gasteiger partial charge in [-0.25, -0.2) is 0 Å². The Morgan fingerprint density at radius 2 is 2.15 bits per heavy atom. The number of ether oxygens (including phenoxy) is 1. The molecule has 3 rings (SSSR count). The normalized spacial score (nSPS) is 15.7. The second-order valence-electron chi connectivity index (χ2n) is 5.14. The first-order valence-corrected chi connectivity index (χ1v) is 7.53. The molecule has 1 heterocycles. The van der Waals surface area contributed by atoms with Crippen molar-refractivity contribution in [2.75, 3.05) is 0 Å². The summed E-state index contributed by atoms with van der Waals surface area (Å²) in [7, 11) is 0. The van der Waals surface area contributed by atoms with Crippen molar-refractivity contribution in [1.82, 2.24) is 4.37 Å². The predicted octanol–water partition coefficient (Wildman–Crippen LogP) is 4.65. The first-order valence-electron chi connectivity index (χ1n) is 6.38. The highest BCUT2D eigenvalue weighted by Crippen LogP contribution is 2.54. The van der Waals surface area contributed by atoms with E-state index in [2.05, 4.69) is 10.4 Å². The summed E-state index contributed by atoms with van der Waals surface area (Å²) in [6.07, 6.45) is 1.74. The van der Waals surface area contributed by atoms with Crippen molar-refractivity contribution >= 4 is 23.1 Å². The lowest BCUT2D eigenvalue weighted by molar-refractivity contribution is 0.490. The Kier molecular flexibility index (Phi) is 3.19. The van der Waals surface area contributed by atoms with Crippen molar-refractivity contribution in [3.63, 3.8) is 0 Å². The lowest BCUT2D eigenvalue weighted by Crippen LogP contribution is -1.99. The molecule has 5 heteroatoms. The molecule has 1 aromatic carbocycles. The third-order valence-electron chi connectivity index (χ3n) is 3.43. The van der Waals surface area contributed by atoms with Gasteiger partial charge in [-0.1, -0.05) is 12.1 Å². The van der Waals surface area contributed by atoms with Gasteiger partial charge < -0.3 is 4.74 Å². The number of aryl methyl sites for hydroxylation is 2. The summed E-state index contributed by atoms with van der Waals surface area (Å²) in [5.41, 5.74) is 3.29. The van der Waals surface area contributed by atoms with Crippen LogP contribution in [0.3, 0.4) is 0 Å². The molecule has 1 saturated carbocycles. The van der Waals surface area contributed by atoms with Crippen LogP contribution in [0.15, 0.2) is 18.2 Å². The Bertz CT molecular complexity index is 713. The minimum atomic E-state index is -0.440. The molecule has 1 fully saturated rings. The van der Waals surface area contributed by atoms with E-state index in [1.54, 1.807) is 0 Å². The first-order chi connectivity index (χ1) is 9.53. The Morgan fingerprint density at radius 3 is 2.80 bits per heavy atom. The summed E-state index contributed by atoms with van der Waals surface area (Å²) >= 11 is 7.56. The molecule has 0 saturated heterocycles. The molecule has 20 heavy (non-hydrogen) atoms. The number of hydrogen-bond acceptors (Lipinski definition) is 4. The summed E-state index contributed by atoms with van der Waals surface area (Å²) in [4.78, 5) is -0.440. The van der Waals surface area contributed by atoms with Gasteiger partial charge in [-0.2, -0.15) is 9.64 Å². The highest BCUT2D eigenvalue weighted by Gasteiger charge is 2.47. The minimum absolute atomic E-state index is 0.440. The summed E-state index contributed by atoms with van der Waals surface area (Å²) in [5.74, 6) is 0.760. The van der Waals surface area contributed by atoms with Crippen LogP contribution >= 0.6 is 23.1 Å². The molecule has 2 aromatic rings. The van der Waals surface area contributed by atoms with Crippen LogP contribution in [0.1, 0.15) is 35.2 Å². The Morgan fingerprint density at radius 1 is 1.40 bits per heavy atom. The van der Waals surface area contributed by atoms with Gasteiger partial charge in [0.2, 0.25) is 5.06 Å². The van der Waals surface area contributed by atoms with Gasteiger partial charge in [-0.15, -0.1) is 11.6 Å². The maximum Gasteiger partial charge on any atom is 0.218 e. The molecule has 1 aliphatic carbocycles. The van der Waals surface area contributed by atoms with Crippen LogP contribution in [0.2, 0.25) is 0 Å². The van der Waals surface area contributed by atoms with Gasteiger partial charge in [0.1, 0.15) is 17.4 Å². The van der Waals surface area contributed by atoms with E-state index in [1.165, 1.54) is 11.5 Å². The fraction of sp³-hybridized carbons (Fsp3) is 0.333. The van der Waals surface area contributed by atoms with Crippen molar-refractivity contribution in [3.05, 3.63) is 40.6 Å². The topological polar surface area (TPSA) is 45.9 Å². The van der Waals surface area contributed by atoms with Crippen LogP contribution in [0, 0.1) is 25.2 Å². The van der Waals surface area contributed by atoms with Crippen LogP contribution in [0.25, 0.3) is 0 Å². The lowest BCUT2D eigenvalue weighted by atomic mass is 10.1. The zero-order valence-corrected chi connectivity index (χ0v) is 12.8. The standard InChI is InChI=1S/C15H13ClN2OS/c1-9-3-4-10(2)12(7-9)19-14-11(8-17)13(18-20-14)15(16)5-6-15/h3-4,7H,5-6H2,1-2H3. The zero-order valence-electron chi connectivity index (χ0n) is 11.2. The average Bonchev–Trinajstić information content (AvgIpc) is 3.02. The number of benzene rings is 1. The molecule has 102 valence electrons. The third kappa shape index (κ3) is 2.28. The summed E-state index contributed by atoms with van der Waals surface area (Å²) < 4.78 is 10.2. The smallest absolute Gasteiger partial charge is 0.218 e. The van der Waals surface area contributed by atoms with E-state index >= 15 is 0 Å². The molecule has 1 aliphatic rings. The number of alkyl halides is 1. The maximum atomic E-state index is 9.36. The van der Waals surface area contributed by atoms with E-state index in [4.69, 9.17) is 16.3 Å². The summed E-state index contributed by atoms with van der Waals surface area (Å²) in [6.45, 7) is 3.99. The van der Waals surface area contributed by atoms with Crippen LogP contribution in [-0.2, 0) is 4.87 Å². The number of aromatic nitrogens is 1. The van der Waals surface area contributed by atoms with Crippen molar-refractivity contribution < 1.29 is 4.74 Å². The molecule has 3 nitrogen and oxygen atoms in total. The molecule has 0 amide bonds. The SMILES string of the molecule is Cc1ccc(C)c(Oc2snc(C3(Cl)CC3)c2C#N)c1. The van der Waals surface area contributed by atoms with Crippen molar-refractivity contribution in [2.24, 2.45) is 0 Å². The maximum absolute atomic E-state index is 9.36. The van der Waals surface area contributed by atoms with Crippen LogP contribution in [0.4, 0.5) is 0 Å². The van der Waals surface area contributed by atoms with Gasteiger partial charge in [0.25, 0.3) is 0 Å². The molecule has 0 N–H and O–H groups in total. The second kappa shape index (κ2) is 4.76. The van der Waals surface area contributed by atoms with E-state index in [1.807, 2.05) is 32.0 Å². The molecular weight excluding hydrogens is 292 g/mol. The second-order valence-corrected chi connectivity index (χ2v) is 6.60. The fourth-order valence-corrected chi connectivity index (χ4v) is 3.10. The van der Waals surface area contributed by atoms with Crippen LogP contribution in [-0.4, -0.2) is 4.37 Å². The molecular formula is C15H13ClN2OS. The van der Waals surface area contributed by atoms with Crippen molar-refractivity contribution in [2.45, 2.75) is 31.6 Å². The number of halogens is 1. The van der Waals surface area contributed by atoms with E-state index in [9.17, 15) is 5.26 Å². The number of nitrogens with zero attached hydrogens (tertiary/aromatic N) is 2. The van der Waals surface area contributed by atoms with Gasteiger partial charge >= 0.3 is 0 Å². The molecule has 0 aliphatic heterocycles. The largest absolute Gasteiger partial charge is 0.443 e. The number of hydrogen-bond donors (Lipinski definition) is 0. The Labute approximate surface area is 126 Å². The Balaban J connectivity index is 1.98. The average molecular weight is 305 g/mol. The van der Waals surface area contributed by atoms with E-state index in [-0.39, 0.29) is 0 Å². The molecule has 0 radical (unpaired) electrons. The predicted molar refractivity (Wildman–Crippen MR) is 79.6 cm³/mol. The van der Waals surface area contributed by atoms with Crippen LogP contribution in [0.5, 0.6) is 10.8 Å². The lowest BCUT2D eigenvalue weighted by Gasteiger charge is -2.08. The summed E-state index contributed by atoms with van der Waals surface area (Å²) in [5, 5.41) is 9.89. The zero-order chi connectivity index (χ0) is 14.3. The highest BCUT2D eigenvalue weighted by atomic mass is 35.5. The quantitative estimate of drug-likeness (QED) is 0.775.